The molecule has 0 amide bonds. The number of hydrogen-bond acceptors (Lipinski definition) is 6. The number of thiophene rings is 1. The van der Waals surface area contributed by atoms with Crippen LogP contribution >= 0.6 is 11.3 Å². The second-order valence-corrected chi connectivity index (χ2v) is 10.5. The molecule has 0 unspecified atom stereocenters. The molecule has 152 valence electrons. The van der Waals surface area contributed by atoms with Crippen LogP contribution in [0.2, 0.25) is 0 Å². The van der Waals surface area contributed by atoms with Gasteiger partial charge < -0.3 is 10.4 Å². The van der Waals surface area contributed by atoms with E-state index < -0.39 is 15.8 Å². The smallest absolute Gasteiger partial charge is 0.335 e. The zero-order valence-electron chi connectivity index (χ0n) is 15.8. The second kappa shape index (κ2) is 7.07. The van der Waals surface area contributed by atoms with E-state index in [1.165, 1.54) is 0 Å². The highest BCUT2D eigenvalue weighted by atomic mass is 32.2. The third kappa shape index (κ3) is 3.53. The molecule has 2 aromatic carbocycles. The average molecular weight is 439 g/mol. The first-order valence-electron chi connectivity index (χ1n) is 9.55. The van der Waals surface area contributed by atoms with Crippen molar-refractivity contribution in [2.45, 2.75) is 17.7 Å². The molecule has 1 saturated carbocycles. The molecule has 1 fully saturated rings. The summed E-state index contributed by atoms with van der Waals surface area (Å²) in [4.78, 5) is 16.3. The summed E-state index contributed by atoms with van der Waals surface area (Å²) in [5.41, 5.74) is 1.37. The first kappa shape index (κ1) is 19.0. The van der Waals surface area contributed by atoms with Crippen molar-refractivity contribution in [3.8, 4) is 0 Å². The largest absolute Gasteiger partial charge is 0.478 e. The van der Waals surface area contributed by atoms with Crippen LogP contribution in [-0.2, 0) is 9.84 Å². The van der Waals surface area contributed by atoms with E-state index in [2.05, 4.69) is 10.3 Å². The molecule has 6 nitrogen and oxygen atoms in total. The van der Waals surface area contributed by atoms with Crippen LogP contribution in [0.5, 0.6) is 0 Å². The fourth-order valence-corrected chi connectivity index (χ4v) is 6.19. The van der Waals surface area contributed by atoms with Gasteiger partial charge in [-0.25, -0.2) is 18.2 Å². The Morgan fingerprint density at radius 1 is 1.13 bits per heavy atom. The van der Waals surface area contributed by atoms with Crippen molar-refractivity contribution in [3.63, 3.8) is 0 Å². The predicted molar refractivity (Wildman–Crippen MR) is 119 cm³/mol. The van der Waals surface area contributed by atoms with Crippen LogP contribution in [0.1, 0.15) is 23.2 Å². The minimum Gasteiger partial charge on any atom is -0.478 e. The Balaban J connectivity index is 1.57. The number of hydrogen-bond donors (Lipinski definition) is 2. The summed E-state index contributed by atoms with van der Waals surface area (Å²) >= 11 is 1.55. The van der Waals surface area contributed by atoms with Gasteiger partial charge in [-0.1, -0.05) is 12.1 Å². The highest BCUT2D eigenvalue weighted by Gasteiger charge is 2.29. The molecule has 0 atom stereocenters. The monoisotopic (exact) mass is 438 g/mol. The Kier molecular flexibility index (Phi) is 4.48. The number of sulfone groups is 1. The first-order valence-corrected chi connectivity index (χ1v) is 12.1. The molecular formula is C22H18N2O4S2. The van der Waals surface area contributed by atoms with Gasteiger partial charge in [-0.2, -0.15) is 0 Å². The summed E-state index contributed by atoms with van der Waals surface area (Å²) in [6, 6.07) is 13.6. The van der Waals surface area contributed by atoms with Crippen molar-refractivity contribution < 1.29 is 18.3 Å². The minimum atomic E-state index is -3.32. The van der Waals surface area contributed by atoms with E-state index in [0.29, 0.717) is 21.9 Å². The van der Waals surface area contributed by atoms with Crippen LogP contribution in [0.25, 0.3) is 21.0 Å². The number of nitrogens with one attached hydrogen (secondary N) is 1. The van der Waals surface area contributed by atoms with Gasteiger partial charge in [0.2, 0.25) is 0 Å². The Hall–Kier alpha value is -2.97. The highest BCUT2D eigenvalue weighted by molar-refractivity contribution is 7.91. The lowest BCUT2D eigenvalue weighted by atomic mass is 10.1. The Morgan fingerprint density at radius 2 is 1.97 bits per heavy atom. The number of carboxylic acids is 1. The van der Waals surface area contributed by atoms with Gasteiger partial charge in [0.05, 0.1) is 21.7 Å². The quantitative estimate of drug-likeness (QED) is 0.436. The van der Waals surface area contributed by atoms with Crippen molar-refractivity contribution >= 4 is 59.6 Å². The second-order valence-electron chi connectivity index (χ2n) is 7.54. The minimum absolute atomic E-state index is 0.171. The van der Waals surface area contributed by atoms with Crippen LogP contribution in [0.4, 0.5) is 11.5 Å². The molecule has 2 N–H and O–H groups in total. The van der Waals surface area contributed by atoms with E-state index in [9.17, 15) is 18.3 Å². The number of nitrogens with zero attached hydrogens (tertiary/aromatic N) is 1. The molecular weight excluding hydrogens is 420 g/mol. The molecule has 30 heavy (non-hydrogen) atoms. The zero-order valence-corrected chi connectivity index (χ0v) is 17.5. The van der Waals surface area contributed by atoms with Gasteiger partial charge in [0.1, 0.15) is 5.82 Å². The maximum atomic E-state index is 12.6. The average Bonchev–Trinajstić information content (AvgIpc) is 3.37. The van der Waals surface area contributed by atoms with Crippen molar-refractivity contribution in [3.05, 3.63) is 59.5 Å². The number of pyridine rings is 1. The number of anilines is 2. The van der Waals surface area contributed by atoms with Crippen molar-refractivity contribution in [1.29, 1.82) is 0 Å². The highest BCUT2D eigenvalue weighted by Crippen LogP contribution is 2.36. The predicted octanol–water partition coefficient (Wildman–Crippen LogP) is 5.08. The standard InChI is InChI=1S/C22H18N2O4S2/c25-22(26)14-6-7-17-19(10-14)24-21(18-8-9-29-20(17)18)23-15-2-1-3-16(11-15)30(27,28)12-13-4-5-13/h1-3,6-11,13H,4-5,12H2,(H,23,24)(H,25,26). The molecule has 1 aliphatic carbocycles. The van der Waals surface area contributed by atoms with Gasteiger partial charge >= 0.3 is 5.97 Å². The van der Waals surface area contributed by atoms with Crippen LogP contribution in [0.15, 0.2) is 58.8 Å². The van der Waals surface area contributed by atoms with Crippen LogP contribution < -0.4 is 5.32 Å². The molecule has 2 aromatic heterocycles. The lowest BCUT2D eigenvalue weighted by molar-refractivity contribution is 0.0697. The molecule has 5 rings (SSSR count). The third-order valence-electron chi connectivity index (χ3n) is 5.25. The molecule has 0 bridgehead atoms. The number of aromatic carboxylic acids is 1. The topological polar surface area (TPSA) is 96.4 Å². The van der Waals surface area contributed by atoms with E-state index in [0.717, 1.165) is 28.3 Å². The van der Waals surface area contributed by atoms with Gasteiger partial charge in [0.15, 0.2) is 9.84 Å². The van der Waals surface area contributed by atoms with E-state index in [1.807, 2.05) is 11.4 Å². The lowest BCUT2D eigenvalue weighted by Gasteiger charge is -2.11. The SMILES string of the molecule is O=C(O)c1ccc2c(c1)nc(Nc1cccc(S(=O)(=O)CC3CC3)c1)c1ccsc12. The Bertz CT molecular complexity index is 1410. The van der Waals surface area contributed by atoms with Crippen molar-refractivity contribution in [2.24, 2.45) is 5.92 Å². The molecule has 4 aromatic rings. The fourth-order valence-electron chi connectivity index (χ4n) is 3.52. The third-order valence-corrected chi connectivity index (χ3v) is 8.08. The molecule has 2 heterocycles. The lowest BCUT2D eigenvalue weighted by Crippen LogP contribution is -2.08. The van der Waals surface area contributed by atoms with Crippen molar-refractivity contribution in [2.75, 3.05) is 11.1 Å². The van der Waals surface area contributed by atoms with E-state index >= 15 is 0 Å². The summed E-state index contributed by atoms with van der Waals surface area (Å²) in [7, 11) is -3.32. The molecule has 0 radical (unpaired) electrons. The number of benzene rings is 2. The first-order chi connectivity index (χ1) is 14.4. The molecule has 0 aliphatic heterocycles. The summed E-state index contributed by atoms with van der Waals surface area (Å²) in [6.07, 6.45) is 1.96. The van der Waals surface area contributed by atoms with Gasteiger partial charge in [0, 0.05) is 21.2 Å². The number of carboxylic acid groups (broad SMARTS) is 1. The van der Waals surface area contributed by atoms with Crippen molar-refractivity contribution in [1.82, 2.24) is 4.98 Å². The summed E-state index contributed by atoms with van der Waals surface area (Å²) in [5, 5.41) is 16.3. The maximum absolute atomic E-state index is 12.6. The van der Waals surface area contributed by atoms with Crippen LogP contribution in [0.3, 0.4) is 0 Å². The number of fused-ring (bicyclic) bond motifs is 3. The number of carbonyl (C=O) groups is 1. The van der Waals surface area contributed by atoms with Crippen LogP contribution in [0, 0.1) is 5.92 Å². The van der Waals surface area contributed by atoms with E-state index in [-0.39, 0.29) is 17.2 Å². The number of aromatic nitrogens is 1. The fraction of sp³-hybridized carbons (Fsp3) is 0.182. The Labute approximate surface area is 177 Å². The maximum Gasteiger partial charge on any atom is 0.335 e. The number of rotatable bonds is 6. The van der Waals surface area contributed by atoms with Crippen LogP contribution in [-0.4, -0.2) is 30.2 Å². The zero-order chi connectivity index (χ0) is 20.9. The summed E-state index contributed by atoms with van der Waals surface area (Å²) < 4.78 is 26.3. The molecule has 0 spiro atoms. The molecule has 8 heteroatoms. The summed E-state index contributed by atoms with van der Waals surface area (Å²) in [5.74, 6) is 0.0333. The van der Waals surface area contributed by atoms with Gasteiger partial charge in [-0.05, 0) is 60.5 Å². The van der Waals surface area contributed by atoms with E-state index in [4.69, 9.17) is 0 Å². The normalized spacial score (nSPS) is 14.3. The Morgan fingerprint density at radius 3 is 2.73 bits per heavy atom. The van der Waals surface area contributed by atoms with Gasteiger partial charge in [-0.3, -0.25) is 0 Å². The van der Waals surface area contributed by atoms with Gasteiger partial charge in [0.25, 0.3) is 0 Å². The molecule has 1 aliphatic rings. The van der Waals surface area contributed by atoms with Gasteiger partial charge in [-0.15, -0.1) is 11.3 Å². The molecule has 0 saturated heterocycles. The van der Waals surface area contributed by atoms with E-state index in [1.54, 1.807) is 53.8 Å². The summed E-state index contributed by atoms with van der Waals surface area (Å²) in [6.45, 7) is 0.